The summed E-state index contributed by atoms with van der Waals surface area (Å²) in [5.74, 6) is 0.0734. The maximum Gasteiger partial charge on any atom is 0.198 e. The molecule has 5 rings (SSSR count). The summed E-state index contributed by atoms with van der Waals surface area (Å²) in [5, 5.41) is 21.1. The number of benzene rings is 2. The Hall–Kier alpha value is -3.47. The first kappa shape index (κ1) is 17.6. The number of rotatable bonds is 2. The number of Topliss-reactive ketones (excluding diaryl/α,β-unsaturated/α-hetero) is 1. The number of phenolic OH excluding ortho intramolecular Hbond substituents is 2. The number of ketones is 1. The van der Waals surface area contributed by atoms with E-state index < -0.39 is 5.54 Å². The number of allylic oxidation sites excluding steroid dienone is 2. The fourth-order valence-corrected chi connectivity index (χ4v) is 4.65. The van der Waals surface area contributed by atoms with Gasteiger partial charge >= 0.3 is 0 Å². The Morgan fingerprint density at radius 2 is 1.97 bits per heavy atom. The lowest BCUT2D eigenvalue weighted by molar-refractivity contribution is 0.102. The van der Waals surface area contributed by atoms with Crippen molar-refractivity contribution in [1.29, 1.82) is 0 Å². The van der Waals surface area contributed by atoms with Gasteiger partial charge in [-0.15, -0.1) is 0 Å². The van der Waals surface area contributed by atoms with Crippen molar-refractivity contribution in [3.8, 4) is 11.5 Å². The van der Waals surface area contributed by atoms with Crippen molar-refractivity contribution < 1.29 is 15.0 Å². The highest BCUT2D eigenvalue weighted by Gasteiger charge is 2.43. The molecule has 0 bridgehead atoms. The number of hydrogen-bond acceptors (Lipinski definition) is 4. The van der Waals surface area contributed by atoms with Gasteiger partial charge in [-0.05, 0) is 67.8 Å². The van der Waals surface area contributed by atoms with Crippen LogP contribution < -0.4 is 0 Å². The molecule has 1 aromatic heterocycles. The van der Waals surface area contributed by atoms with Gasteiger partial charge in [0.15, 0.2) is 5.78 Å². The number of aromatic amines is 1. The quantitative estimate of drug-likeness (QED) is 0.571. The van der Waals surface area contributed by atoms with Gasteiger partial charge in [-0.3, -0.25) is 4.79 Å². The predicted molar refractivity (Wildman–Crippen MR) is 112 cm³/mol. The molecule has 3 heterocycles. The third kappa shape index (κ3) is 2.43. The molecule has 0 amide bonds. The molecule has 5 nitrogen and oxygen atoms in total. The Morgan fingerprint density at radius 1 is 1.17 bits per heavy atom. The number of nitrogens with zero attached hydrogens (tertiary/aromatic N) is 1. The summed E-state index contributed by atoms with van der Waals surface area (Å²) in [6.45, 7) is 4.95. The molecular formula is C24H22N2O3. The summed E-state index contributed by atoms with van der Waals surface area (Å²) in [6.07, 6.45) is 4.65. The van der Waals surface area contributed by atoms with Crippen molar-refractivity contribution in [1.82, 2.24) is 9.88 Å². The van der Waals surface area contributed by atoms with Gasteiger partial charge < -0.3 is 20.1 Å². The second kappa shape index (κ2) is 6.01. The number of aromatic nitrogens is 1. The molecule has 2 aromatic carbocycles. The zero-order valence-corrected chi connectivity index (χ0v) is 16.4. The van der Waals surface area contributed by atoms with Crippen LogP contribution in [-0.4, -0.2) is 32.4 Å². The largest absolute Gasteiger partial charge is 0.508 e. The van der Waals surface area contributed by atoms with E-state index in [2.05, 4.69) is 16.8 Å². The Bertz CT molecular complexity index is 1230. The van der Waals surface area contributed by atoms with Crippen molar-refractivity contribution in [2.24, 2.45) is 0 Å². The number of para-hydroxylation sites is 1. The van der Waals surface area contributed by atoms with E-state index in [1.54, 1.807) is 24.3 Å². The molecule has 3 N–H and O–H groups in total. The summed E-state index contributed by atoms with van der Waals surface area (Å²) in [4.78, 5) is 18.8. The van der Waals surface area contributed by atoms with Crippen LogP contribution in [0.3, 0.4) is 0 Å². The molecule has 1 atom stereocenters. The number of fused-ring (bicyclic) bond motifs is 5. The molecule has 0 saturated heterocycles. The number of nitrogens with one attached hydrogen (secondary N) is 1. The van der Waals surface area contributed by atoms with Crippen LogP contribution in [-0.2, 0) is 12.0 Å². The monoisotopic (exact) mass is 386 g/mol. The van der Waals surface area contributed by atoms with Gasteiger partial charge in [-0.25, -0.2) is 0 Å². The van der Waals surface area contributed by atoms with Crippen molar-refractivity contribution in [3.05, 3.63) is 82.7 Å². The molecular weight excluding hydrogens is 364 g/mol. The number of phenols is 2. The Labute approximate surface area is 168 Å². The van der Waals surface area contributed by atoms with Crippen LogP contribution >= 0.6 is 0 Å². The standard InChI is InChI=1S/C24H22N2O3/c1-14-11-15(22(29)18-5-3-4-6-21(18)28)13-26-10-9-17-19-12-16(27)7-8-20(19)25-23(17)24(14,26)2/h3-8,11-13,25,27-28H,9-10H2,1-2H3. The van der Waals surface area contributed by atoms with Crippen molar-refractivity contribution >= 4 is 16.7 Å². The number of carbonyl (C=O) groups is 1. The molecule has 2 aliphatic rings. The third-order valence-electron chi connectivity index (χ3n) is 6.40. The highest BCUT2D eigenvalue weighted by molar-refractivity contribution is 6.12. The van der Waals surface area contributed by atoms with Crippen LogP contribution in [0.15, 0.2) is 65.9 Å². The Kier molecular flexibility index (Phi) is 3.65. The zero-order valence-electron chi connectivity index (χ0n) is 16.4. The molecule has 0 spiro atoms. The number of H-pyrrole nitrogens is 1. The van der Waals surface area contributed by atoms with Crippen molar-refractivity contribution in [2.75, 3.05) is 6.54 Å². The fourth-order valence-electron chi connectivity index (χ4n) is 4.65. The lowest BCUT2D eigenvalue weighted by Crippen LogP contribution is -2.48. The summed E-state index contributed by atoms with van der Waals surface area (Å²) in [7, 11) is 0. The van der Waals surface area contributed by atoms with E-state index in [-0.39, 0.29) is 17.3 Å². The maximum absolute atomic E-state index is 13.0. The van der Waals surface area contributed by atoms with Gasteiger partial charge in [0.2, 0.25) is 0 Å². The molecule has 29 heavy (non-hydrogen) atoms. The molecule has 146 valence electrons. The topological polar surface area (TPSA) is 76.6 Å². The minimum Gasteiger partial charge on any atom is -0.508 e. The van der Waals surface area contributed by atoms with E-state index in [1.807, 2.05) is 31.3 Å². The van der Waals surface area contributed by atoms with E-state index in [0.717, 1.165) is 35.1 Å². The van der Waals surface area contributed by atoms with E-state index in [1.165, 1.54) is 11.6 Å². The second-order valence-corrected chi connectivity index (χ2v) is 7.98. The van der Waals surface area contributed by atoms with E-state index in [0.29, 0.717) is 11.1 Å². The predicted octanol–water partition coefficient (Wildman–Crippen LogP) is 4.38. The SMILES string of the molecule is CC1=CC(C(=O)c2ccccc2O)=CN2CCc3c([nH]c4ccc(O)cc34)C12C. The van der Waals surface area contributed by atoms with Crippen LogP contribution in [0, 0.1) is 0 Å². The van der Waals surface area contributed by atoms with E-state index in [4.69, 9.17) is 0 Å². The molecule has 0 radical (unpaired) electrons. The van der Waals surface area contributed by atoms with Crippen LogP contribution in [0.5, 0.6) is 11.5 Å². The van der Waals surface area contributed by atoms with E-state index in [9.17, 15) is 15.0 Å². The summed E-state index contributed by atoms with van der Waals surface area (Å²) in [6, 6.07) is 12.1. The zero-order chi connectivity index (χ0) is 20.3. The minimum absolute atomic E-state index is 0.00542. The normalized spacial score (nSPS) is 20.7. The van der Waals surface area contributed by atoms with E-state index >= 15 is 0 Å². The van der Waals surface area contributed by atoms with Gasteiger partial charge in [0.25, 0.3) is 0 Å². The molecule has 0 aliphatic carbocycles. The van der Waals surface area contributed by atoms with Crippen LogP contribution in [0.2, 0.25) is 0 Å². The van der Waals surface area contributed by atoms with Gasteiger partial charge in [-0.1, -0.05) is 12.1 Å². The molecule has 0 fully saturated rings. The Morgan fingerprint density at radius 3 is 2.76 bits per heavy atom. The summed E-state index contributed by atoms with van der Waals surface area (Å²) in [5.41, 5.74) is 4.85. The van der Waals surface area contributed by atoms with Gasteiger partial charge in [0.05, 0.1) is 11.1 Å². The highest BCUT2D eigenvalue weighted by Crippen LogP contribution is 2.46. The lowest BCUT2D eigenvalue weighted by atomic mass is 9.78. The maximum atomic E-state index is 13.0. The van der Waals surface area contributed by atoms with Gasteiger partial charge in [0, 0.05) is 34.9 Å². The van der Waals surface area contributed by atoms with Gasteiger partial charge in [-0.2, -0.15) is 0 Å². The first-order valence-electron chi connectivity index (χ1n) is 9.73. The minimum atomic E-state index is -0.398. The summed E-state index contributed by atoms with van der Waals surface area (Å²) >= 11 is 0. The van der Waals surface area contributed by atoms with Crippen LogP contribution in [0.4, 0.5) is 0 Å². The second-order valence-electron chi connectivity index (χ2n) is 7.98. The van der Waals surface area contributed by atoms with Crippen LogP contribution in [0.25, 0.3) is 10.9 Å². The van der Waals surface area contributed by atoms with Crippen molar-refractivity contribution in [2.45, 2.75) is 25.8 Å². The van der Waals surface area contributed by atoms with Crippen LogP contribution in [0.1, 0.15) is 35.5 Å². The third-order valence-corrected chi connectivity index (χ3v) is 6.40. The van der Waals surface area contributed by atoms with Gasteiger partial charge in [0.1, 0.15) is 11.5 Å². The number of aromatic hydroxyl groups is 2. The first-order chi connectivity index (χ1) is 13.9. The number of carbonyl (C=O) groups excluding carboxylic acids is 1. The summed E-state index contributed by atoms with van der Waals surface area (Å²) < 4.78 is 0. The average Bonchev–Trinajstić information content (AvgIpc) is 3.07. The smallest absolute Gasteiger partial charge is 0.198 e. The molecule has 5 heteroatoms. The molecule has 1 unspecified atom stereocenters. The average molecular weight is 386 g/mol. The number of hydrogen-bond donors (Lipinski definition) is 3. The lowest BCUT2D eigenvalue weighted by Gasteiger charge is -2.47. The molecule has 2 aliphatic heterocycles. The molecule has 3 aromatic rings. The highest BCUT2D eigenvalue weighted by atomic mass is 16.3. The first-order valence-corrected chi connectivity index (χ1v) is 9.73. The molecule has 0 saturated carbocycles. The van der Waals surface area contributed by atoms with Crippen molar-refractivity contribution in [3.63, 3.8) is 0 Å². The fraction of sp³-hybridized carbons (Fsp3) is 0.208. The Balaban J connectivity index is 1.61.